The largest absolute Gasteiger partial charge is 0.494 e. The van der Waals surface area contributed by atoms with Crippen molar-refractivity contribution in [2.75, 3.05) is 70.1 Å². The number of nitrogens with one attached hydrogen (secondary N) is 5. The number of hydrazine groups is 1. The van der Waals surface area contributed by atoms with E-state index in [1.165, 1.54) is 48.0 Å². The number of aryl methyl sites for hydroxylation is 2. The van der Waals surface area contributed by atoms with E-state index in [1.807, 2.05) is 98.3 Å². The number of halogens is 6. The highest BCUT2D eigenvalue weighted by atomic mass is 19.4. The van der Waals surface area contributed by atoms with Gasteiger partial charge < -0.3 is 46.4 Å². The van der Waals surface area contributed by atoms with Crippen molar-refractivity contribution in [2.24, 2.45) is 17.5 Å². The Hall–Kier alpha value is -8.44. The zero-order valence-electron chi connectivity index (χ0n) is 55.2. The molecule has 1 saturated heterocycles. The molecular weight excluding hydrogens is 1170 g/mol. The summed E-state index contributed by atoms with van der Waals surface area (Å²) < 4.78 is 93.5. The Kier molecular flexibility index (Phi) is 29.5. The van der Waals surface area contributed by atoms with Gasteiger partial charge in [0.2, 0.25) is 0 Å². The van der Waals surface area contributed by atoms with Crippen molar-refractivity contribution in [1.29, 1.82) is 0 Å². The SMILES string of the molecule is CC.CC.CCC1=CCC=C(C(=O)Nc2cc(C(F)(F)F)cc(CN3CCN(C)CC3)c2OC)C=C1C(C)C.CN/C=C\c1cncc(/C(N)=C/N(N)c2cc(C(=O)Nc3cc(C(F)(F)F)cc(CNC(C)C)c3OC)ccc2C)c1.Cc1cnc2[nH]ccc2c1. The van der Waals surface area contributed by atoms with E-state index >= 15 is 0 Å². The number of nitrogens with zero attached hydrogens (tertiary/aromatic N) is 5. The number of nitrogens with two attached hydrogens (primary N) is 2. The molecule has 3 aromatic carbocycles. The first-order chi connectivity index (χ1) is 43.2. The van der Waals surface area contributed by atoms with Crippen LogP contribution in [0.25, 0.3) is 22.8 Å². The Morgan fingerprint density at radius 1 is 0.791 bits per heavy atom. The molecule has 0 radical (unpaired) electrons. The van der Waals surface area contributed by atoms with Crippen molar-refractivity contribution < 1.29 is 45.4 Å². The van der Waals surface area contributed by atoms with Crippen LogP contribution in [-0.2, 0) is 30.2 Å². The van der Waals surface area contributed by atoms with Gasteiger partial charge in [0.05, 0.1) is 48.1 Å². The number of rotatable bonds is 18. The van der Waals surface area contributed by atoms with Gasteiger partial charge in [-0.05, 0) is 140 Å². The van der Waals surface area contributed by atoms with Crippen molar-refractivity contribution in [3.63, 3.8) is 0 Å². The molecule has 2 aliphatic rings. The zero-order valence-corrected chi connectivity index (χ0v) is 55.2. The number of likely N-dealkylation sites (N-methyl/N-ethyl adjacent to an activating group) is 1. The lowest BCUT2D eigenvalue weighted by Crippen LogP contribution is -2.43. The van der Waals surface area contributed by atoms with Gasteiger partial charge in [-0.1, -0.05) is 80.5 Å². The number of aromatic amines is 1. The zero-order chi connectivity index (χ0) is 67.8. The minimum atomic E-state index is -4.63. The van der Waals surface area contributed by atoms with Crippen LogP contribution in [0.15, 0.2) is 133 Å². The number of methoxy groups -OCH3 is 2. The fraction of sp³-hybridized carbons (Fsp3) is 0.391. The predicted molar refractivity (Wildman–Crippen MR) is 357 cm³/mol. The molecule has 3 aromatic heterocycles. The molecule has 8 rings (SSSR count). The van der Waals surface area contributed by atoms with Crippen LogP contribution >= 0.6 is 0 Å². The average molecular weight is 1270 g/mol. The molecule has 1 fully saturated rings. The molecule has 22 heteroatoms. The smallest absolute Gasteiger partial charge is 0.416 e. The monoisotopic (exact) mass is 1270 g/mol. The lowest BCUT2D eigenvalue weighted by molar-refractivity contribution is -0.138. The Balaban J connectivity index is 0.000000323. The van der Waals surface area contributed by atoms with Gasteiger partial charge in [0.25, 0.3) is 11.8 Å². The fourth-order valence-electron chi connectivity index (χ4n) is 9.64. The first-order valence-corrected chi connectivity index (χ1v) is 30.5. The number of benzene rings is 3. The van der Waals surface area contributed by atoms with Crippen molar-refractivity contribution in [3.8, 4) is 11.5 Å². The van der Waals surface area contributed by atoms with Crippen molar-refractivity contribution >= 4 is 51.7 Å². The summed E-state index contributed by atoms with van der Waals surface area (Å²) in [6.45, 7) is 25.4. The van der Waals surface area contributed by atoms with E-state index in [2.05, 4.69) is 78.9 Å². The van der Waals surface area contributed by atoms with E-state index in [1.54, 1.807) is 44.7 Å². The molecule has 1 aliphatic carbocycles. The third-order valence-corrected chi connectivity index (χ3v) is 14.3. The number of H-pyrrole nitrogens is 1. The summed E-state index contributed by atoms with van der Waals surface area (Å²) in [7, 11) is 6.57. The molecule has 16 nitrogen and oxygen atoms in total. The summed E-state index contributed by atoms with van der Waals surface area (Å²) in [5, 5.41) is 13.8. The van der Waals surface area contributed by atoms with Crippen LogP contribution in [0.4, 0.5) is 43.4 Å². The molecule has 91 heavy (non-hydrogen) atoms. The summed E-state index contributed by atoms with van der Waals surface area (Å²) >= 11 is 0. The number of alkyl halides is 6. The fourth-order valence-corrected chi connectivity index (χ4v) is 9.64. The maximum absolute atomic E-state index is 13.8. The van der Waals surface area contributed by atoms with Crippen LogP contribution in [0.2, 0.25) is 0 Å². The second kappa shape index (κ2) is 35.8. The molecule has 0 atom stereocenters. The van der Waals surface area contributed by atoms with E-state index in [0.29, 0.717) is 41.1 Å². The van der Waals surface area contributed by atoms with Crippen LogP contribution in [0.3, 0.4) is 0 Å². The normalized spacial score (nSPS) is 13.8. The Morgan fingerprint density at radius 2 is 1.41 bits per heavy atom. The van der Waals surface area contributed by atoms with Crippen LogP contribution in [0.5, 0.6) is 11.5 Å². The number of hydrogen-bond donors (Lipinski definition) is 7. The summed E-state index contributed by atoms with van der Waals surface area (Å²) in [5.74, 6) is 5.84. The number of ether oxygens (including phenoxy) is 2. The van der Waals surface area contributed by atoms with Gasteiger partial charge in [-0.15, -0.1) is 0 Å². The Bertz CT molecular complexity index is 3510. The molecule has 0 spiro atoms. The van der Waals surface area contributed by atoms with E-state index in [-0.39, 0.29) is 52.5 Å². The first kappa shape index (κ1) is 75.0. The predicted octanol–water partition coefficient (Wildman–Crippen LogP) is 14.6. The Morgan fingerprint density at radius 3 is 1.99 bits per heavy atom. The molecule has 1 aliphatic heterocycles. The van der Waals surface area contributed by atoms with Gasteiger partial charge in [0, 0.05) is 117 Å². The number of amides is 2. The number of carbonyl (C=O) groups is 2. The topological polar surface area (TPSA) is 204 Å². The van der Waals surface area contributed by atoms with Gasteiger partial charge >= 0.3 is 12.4 Å². The van der Waals surface area contributed by atoms with Gasteiger partial charge in [-0.3, -0.25) is 24.5 Å². The summed E-state index contributed by atoms with van der Waals surface area (Å²) in [4.78, 5) is 42.2. The summed E-state index contributed by atoms with van der Waals surface area (Å²) in [6, 6.07) is 14.7. The number of piperazine rings is 1. The molecule has 0 saturated carbocycles. The number of aromatic nitrogens is 3. The molecule has 6 aromatic rings. The lowest BCUT2D eigenvalue weighted by atomic mass is 9.92. The number of hydrogen-bond acceptors (Lipinski definition) is 13. The van der Waals surface area contributed by atoms with Crippen LogP contribution < -0.4 is 47.3 Å². The number of carbonyl (C=O) groups excluding carboxylic acids is 2. The number of pyridine rings is 2. The quantitative estimate of drug-likeness (QED) is 0.0243. The number of anilines is 3. The molecule has 494 valence electrons. The second-order valence-electron chi connectivity index (χ2n) is 21.7. The second-order valence-corrected chi connectivity index (χ2v) is 21.7. The van der Waals surface area contributed by atoms with E-state index in [0.717, 1.165) is 79.2 Å². The maximum atomic E-state index is 13.8. The Labute approximate surface area is 532 Å². The van der Waals surface area contributed by atoms with E-state index in [4.69, 9.17) is 21.1 Å². The summed E-state index contributed by atoms with van der Waals surface area (Å²) in [5.41, 5.74) is 13.2. The van der Waals surface area contributed by atoms with Gasteiger partial charge in [0.1, 0.15) is 17.1 Å². The number of allylic oxidation sites excluding steroid dienone is 4. The average Bonchev–Trinajstić information content (AvgIpc) is 1.48. The van der Waals surface area contributed by atoms with Crippen molar-refractivity contribution in [3.05, 3.63) is 183 Å². The maximum Gasteiger partial charge on any atom is 0.416 e. The van der Waals surface area contributed by atoms with Gasteiger partial charge in [0.15, 0.2) is 0 Å². The van der Waals surface area contributed by atoms with Gasteiger partial charge in [-0.2, -0.15) is 26.3 Å². The molecule has 2 amide bonds. The van der Waals surface area contributed by atoms with E-state index in [9.17, 15) is 35.9 Å². The molecule has 4 heterocycles. The van der Waals surface area contributed by atoms with Crippen LogP contribution in [0, 0.1) is 19.8 Å². The standard InChI is InChI=1S/C30H36F3N7O2.C27H36F3N3O2.C8H8N2.2C2H6/c1-18(2)38-16-23-11-24(30(31,32)33)13-26(28(23)42-5)39-29(41)21-7-6-19(3)27(12-21)40(35)17-25(34)22-10-20(8-9-36-4)14-37-15-22;1-6-19-8-7-9-20(15-23(19)18(2)3)26(34)31-24-16-22(27(28,29)30)14-21(25(24)35-5)17-33-12-10-32(4)11-13-33;1-6-4-7-2-3-9-8(7)10-5-6;2*1-2/h6-15,17-18,36,38H,16,34-35H2,1-5H3,(H,39,41);8-9,14-16,18H,6-7,10-13,17H2,1-5H3,(H,31,34);2-5H,1H3,(H,9,10);2*1-2H3/b9-8-,25-17-;;;;. The highest BCUT2D eigenvalue weighted by Crippen LogP contribution is 2.41. The highest BCUT2D eigenvalue weighted by molar-refractivity contribution is 6.07. The van der Waals surface area contributed by atoms with Crippen LogP contribution in [0.1, 0.15) is 130 Å². The van der Waals surface area contributed by atoms with Gasteiger partial charge in [-0.25, -0.2) is 10.8 Å². The molecule has 9 N–H and O–H groups in total. The molecular formula is C69H92F6N12O4. The number of fused-ring (bicyclic) bond motifs is 1. The lowest BCUT2D eigenvalue weighted by Gasteiger charge is -2.33. The third-order valence-electron chi connectivity index (χ3n) is 14.3. The highest BCUT2D eigenvalue weighted by Gasteiger charge is 2.35. The minimum Gasteiger partial charge on any atom is -0.494 e. The van der Waals surface area contributed by atoms with E-state index < -0.39 is 35.3 Å². The third kappa shape index (κ3) is 22.2. The first-order valence-electron chi connectivity index (χ1n) is 30.5. The van der Waals surface area contributed by atoms with Crippen LogP contribution in [-0.4, -0.2) is 97.1 Å². The van der Waals surface area contributed by atoms with Crippen molar-refractivity contribution in [1.82, 2.24) is 35.4 Å². The summed E-state index contributed by atoms with van der Waals surface area (Å²) in [6.07, 6.45) is 10.2. The molecule has 0 unspecified atom stereocenters. The minimum absolute atomic E-state index is 0.0194. The van der Waals surface area contributed by atoms with Crippen molar-refractivity contribution in [2.45, 2.75) is 120 Å². The molecule has 0 bridgehead atoms.